The first-order valence-electron chi connectivity index (χ1n) is 4.98. The van der Waals surface area contributed by atoms with E-state index in [0.29, 0.717) is 5.89 Å². The third-order valence-corrected chi connectivity index (χ3v) is 2.96. The van der Waals surface area contributed by atoms with E-state index in [9.17, 15) is 0 Å². The Morgan fingerprint density at radius 3 is 3.00 bits per heavy atom. The van der Waals surface area contributed by atoms with Crippen molar-refractivity contribution in [3.63, 3.8) is 0 Å². The third kappa shape index (κ3) is 2.36. The number of nitrogen functional groups attached to an aromatic ring is 1. The van der Waals surface area contributed by atoms with Gasteiger partial charge in [0.25, 0.3) is 5.89 Å². The van der Waals surface area contributed by atoms with Gasteiger partial charge in [0.15, 0.2) is 5.82 Å². The van der Waals surface area contributed by atoms with E-state index in [1.807, 2.05) is 12.1 Å². The number of nitrogens with zero attached hydrogens (tertiary/aromatic N) is 2. The fourth-order valence-corrected chi connectivity index (χ4v) is 1.95. The first-order chi connectivity index (χ1) is 7.29. The Morgan fingerprint density at radius 2 is 2.33 bits per heavy atom. The molecule has 15 heavy (non-hydrogen) atoms. The van der Waals surface area contributed by atoms with Gasteiger partial charge in [0.1, 0.15) is 0 Å². The van der Waals surface area contributed by atoms with Gasteiger partial charge in [-0.25, -0.2) is 0 Å². The largest absolute Gasteiger partial charge is 0.391 e. The van der Waals surface area contributed by atoms with Crippen molar-refractivity contribution in [3.8, 4) is 10.8 Å². The van der Waals surface area contributed by atoms with Crippen LogP contribution < -0.4 is 5.73 Å². The molecule has 0 bridgehead atoms. The Labute approximate surface area is 92.1 Å². The highest BCUT2D eigenvalue weighted by atomic mass is 32.1. The Kier molecular flexibility index (Phi) is 3.01. The van der Waals surface area contributed by atoms with Crippen LogP contribution in [0.1, 0.15) is 25.6 Å². The van der Waals surface area contributed by atoms with Gasteiger partial charge in [-0.1, -0.05) is 18.5 Å². The van der Waals surface area contributed by atoms with Crippen molar-refractivity contribution >= 4 is 16.3 Å². The van der Waals surface area contributed by atoms with Crippen LogP contribution in [0.5, 0.6) is 0 Å². The molecule has 0 aliphatic carbocycles. The quantitative estimate of drug-likeness (QED) is 0.865. The Bertz CT molecular complexity index is 435. The van der Waals surface area contributed by atoms with E-state index < -0.39 is 0 Å². The molecule has 0 unspecified atom stereocenters. The molecule has 5 heteroatoms. The number of thiophene rings is 1. The lowest BCUT2D eigenvalue weighted by Crippen LogP contribution is -1.86. The van der Waals surface area contributed by atoms with Crippen LogP contribution in [0.25, 0.3) is 10.8 Å². The predicted molar refractivity (Wildman–Crippen MR) is 60.6 cm³/mol. The van der Waals surface area contributed by atoms with Crippen molar-refractivity contribution in [1.29, 1.82) is 0 Å². The van der Waals surface area contributed by atoms with Crippen LogP contribution in [0.4, 0.5) is 5.00 Å². The highest BCUT2D eigenvalue weighted by Gasteiger charge is 2.09. The van der Waals surface area contributed by atoms with Crippen molar-refractivity contribution in [2.45, 2.75) is 26.2 Å². The van der Waals surface area contributed by atoms with Gasteiger partial charge in [-0.05, 0) is 18.6 Å². The topological polar surface area (TPSA) is 64.9 Å². The molecule has 0 saturated heterocycles. The molecule has 80 valence electrons. The average Bonchev–Trinajstić information content (AvgIpc) is 2.83. The molecular formula is C10H13N3OS. The highest BCUT2D eigenvalue weighted by Crippen LogP contribution is 2.28. The van der Waals surface area contributed by atoms with Crippen LogP contribution in [-0.4, -0.2) is 10.1 Å². The van der Waals surface area contributed by atoms with Crippen LogP contribution in [0, 0.1) is 0 Å². The first kappa shape index (κ1) is 10.2. The monoisotopic (exact) mass is 223 g/mol. The lowest BCUT2D eigenvalue weighted by Gasteiger charge is -1.87. The van der Waals surface area contributed by atoms with Crippen molar-refractivity contribution in [2.24, 2.45) is 0 Å². The second kappa shape index (κ2) is 4.44. The first-order valence-corrected chi connectivity index (χ1v) is 5.79. The molecule has 0 amide bonds. The molecule has 0 spiro atoms. The number of aromatic nitrogens is 2. The van der Waals surface area contributed by atoms with Crippen LogP contribution in [-0.2, 0) is 6.42 Å². The molecule has 2 rings (SSSR count). The molecule has 0 fully saturated rings. The Hall–Kier alpha value is -1.36. The normalized spacial score (nSPS) is 10.7. The molecule has 0 saturated carbocycles. The lowest BCUT2D eigenvalue weighted by atomic mass is 10.2. The molecule has 2 aromatic heterocycles. The van der Waals surface area contributed by atoms with Gasteiger partial charge >= 0.3 is 0 Å². The maximum absolute atomic E-state index is 5.63. The van der Waals surface area contributed by atoms with Crippen molar-refractivity contribution < 1.29 is 4.52 Å². The van der Waals surface area contributed by atoms with E-state index in [1.54, 1.807) is 0 Å². The van der Waals surface area contributed by atoms with E-state index in [-0.39, 0.29) is 0 Å². The second-order valence-electron chi connectivity index (χ2n) is 3.32. The van der Waals surface area contributed by atoms with E-state index in [0.717, 1.165) is 35.0 Å². The summed E-state index contributed by atoms with van der Waals surface area (Å²) in [5.41, 5.74) is 5.63. The molecule has 2 aromatic rings. The van der Waals surface area contributed by atoms with E-state index in [4.69, 9.17) is 10.3 Å². The number of rotatable bonds is 4. The summed E-state index contributed by atoms with van der Waals surface area (Å²) >= 11 is 1.46. The minimum Gasteiger partial charge on any atom is -0.391 e. The maximum Gasteiger partial charge on any atom is 0.268 e. The number of aryl methyl sites for hydroxylation is 1. The zero-order valence-corrected chi connectivity index (χ0v) is 9.38. The molecule has 0 aliphatic heterocycles. The fraction of sp³-hybridized carbons (Fsp3) is 0.400. The van der Waals surface area contributed by atoms with E-state index in [1.165, 1.54) is 11.3 Å². The van der Waals surface area contributed by atoms with Crippen LogP contribution >= 0.6 is 11.3 Å². The number of nitrogens with two attached hydrogens (primary N) is 1. The summed E-state index contributed by atoms with van der Waals surface area (Å²) in [7, 11) is 0. The maximum atomic E-state index is 5.63. The van der Waals surface area contributed by atoms with Gasteiger partial charge in [0, 0.05) is 6.42 Å². The van der Waals surface area contributed by atoms with E-state index in [2.05, 4.69) is 17.1 Å². The van der Waals surface area contributed by atoms with Crippen LogP contribution in [0.3, 0.4) is 0 Å². The van der Waals surface area contributed by atoms with Crippen molar-refractivity contribution in [2.75, 3.05) is 5.73 Å². The third-order valence-electron chi connectivity index (χ3n) is 2.06. The highest BCUT2D eigenvalue weighted by molar-refractivity contribution is 7.19. The number of hydrogen-bond acceptors (Lipinski definition) is 5. The minimum atomic E-state index is 0.572. The standard InChI is InChI=1S/C10H13N3OS/c1-2-3-4-9-12-10(14-13-9)7-5-6-8(11)15-7/h5-6H,2-4,11H2,1H3. The summed E-state index contributed by atoms with van der Waals surface area (Å²) < 4.78 is 5.15. The fourth-order valence-electron chi connectivity index (χ4n) is 1.26. The summed E-state index contributed by atoms with van der Waals surface area (Å²) in [5.74, 6) is 1.35. The summed E-state index contributed by atoms with van der Waals surface area (Å²) in [6, 6.07) is 3.74. The van der Waals surface area contributed by atoms with Gasteiger partial charge in [0.05, 0.1) is 9.88 Å². The van der Waals surface area contributed by atoms with Crippen molar-refractivity contribution in [3.05, 3.63) is 18.0 Å². The van der Waals surface area contributed by atoms with Gasteiger partial charge in [0.2, 0.25) is 0 Å². The molecule has 0 radical (unpaired) electrons. The molecule has 2 N–H and O–H groups in total. The lowest BCUT2D eigenvalue weighted by molar-refractivity contribution is 0.422. The predicted octanol–water partition coefficient (Wildman–Crippen LogP) is 2.72. The molecule has 2 heterocycles. The summed E-state index contributed by atoms with van der Waals surface area (Å²) in [6.07, 6.45) is 3.10. The van der Waals surface area contributed by atoms with Crippen LogP contribution in [0.2, 0.25) is 0 Å². The second-order valence-corrected chi connectivity index (χ2v) is 4.44. The van der Waals surface area contributed by atoms with Gasteiger partial charge in [-0.15, -0.1) is 11.3 Å². The molecule has 0 atom stereocenters. The number of unbranched alkanes of at least 4 members (excludes halogenated alkanes) is 1. The number of anilines is 1. The molecular weight excluding hydrogens is 210 g/mol. The van der Waals surface area contributed by atoms with Crippen LogP contribution in [0.15, 0.2) is 16.7 Å². The van der Waals surface area contributed by atoms with Gasteiger partial charge < -0.3 is 10.3 Å². The summed E-state index contributed by atoms with van der Waals surface area (Å²) in [6.45, 7) is 2.14. The number of hydrogen-bond donors (Lipinski definition) is 1. The van der Waals surface area contributed by atoms with E-state index >= 15 is 0 Å². The smallest absolute Gasteiger partial charge is 0.268 e. The van der Waals surface area contributed by atoms with Gasteiger partial charge in [-0.2, -0.15) is 4.98 Å². The van der Waals surface area contributed by atoms with Gasteiger partial charge in [-0.3, -0.25) is 0 Å². The summed E-state index contributed by atoms with van der Waals surface area (Å²) in [5, 5.41) is 4.68. The zero-order valence-electron chi connectivity index (χ0n) is 8.56. The zero-order chi connectivity index (χ0) is 10.7. The Morgan fingerprint density at radius 1 is 1.47 bits per heavy atom. The molecule has 0 aliphatic rings. The SMILES string of the molecule is CCCCc1noc(-c2ccc(N)s2)n1. The molecule has 0 aromatic carbocycles. The molecule has 4 nitrogen and oxygen atoms in total. The Balaban J connectivity index is 2.13. The summed E-state index contributed by atoms with van der Waals surface area (Å²) in [4.78, 5) is 5.24. The van der Waals surface area contributed by atoms with Crippen molar-refractivity contribution in [1.82, 2.24) is 10.1 Å². The average molecular weight is 223 g/mol. The minimum absolute atomic E-state index is 0.572.